The molecular formula is C15H21BrN2O2S. The van der Waals surface area contributed by atoms with Crippen molar-refractivity contribution in [3.63, 3.8) is 0 Å². The lowest BCUT2D eigenvalue weighted by atomic mass is 9.76. The Labute approximate surface area is 134 Å². The molecule has 6 heteroatoms. The zero-order chi connectivity index (χ0) is 15.0. The van der Waals surface area contributed by atoms with Crippen molar-refractivity contribution in [3.8, 4) is 0 Å². The quantitative estimate of drug-likeness (QED) is 0.810. The summed E-state index contributed by atoms with van der Waals surface area (Å²) in [6.07, 6.45) is 5.94. The van der Waals surface area contributed by atoms with Crippen molar-refractivity contribution in [3.05, 3.63) is 22.7 Å². The lowest BCUT2D eigenvalue weighted by Crippen LogP contribution is -2.44. The fourth-order valence-corrected chi connectivity index (χ4v) is 5.67. The fourth-order valence-electron chi connectivity index (χ4n) is 3.68. The minimum absolute atomic E-state index is 0.236. The van der Waals surface area contributed by atoms with Crippen LogP contribution >= 0.6 is 15.9 Å². The molecule has 2 aliphatic rings. The predicted octanol–water partition coefficient (Wildman–Crippen LogP) is 3.23. The van der Waals surface area contributed by atoms with Crippen LogP contribution < -0.4 is 5.73 Å². The lowest BCUT2D eigenvalue weighted by molar-refractivity contribution is 0.136. The van der Waals surface area contributed by atoms with Crippen LogP contribution in [-0.4, -0.2) is 25.8 Å². The van der Waals surface area contributed by atoms with Gasteiger partial charge in [0.05, 0.1) is 5.69 Å². The van der Waals surface area contributed by atoms with Crippen molar-refractivity contribution >= 4 is 31.6 Å². The number of hydrogen-bond donors (Lipinski definition) is 1. The molecule has 21 heavy (non-hydrogen) atoms. The zero-order valence-corrected chi connectivity index (χ0v) is 14.4. The molecule has 1 aliphatic carbocycles. The van der Waals surface area contributed by atoms with Crippen molar-refractivity contribution in [2.75, 3.05) is 18.8 Å². The average molecular weight is 373 g/mol. The number of anilines is 1. The molecule has 0 aromatic heterocycles. The first-order valence-electron chi connectivity index (χ1n) is 7.53. The van der Waals surface area contributed by atoms with E-state index in [0.29, 0.717) is 30.6 Å². The Morgan fingerprint density at radius 3 is 2.57 bits per heavy atom. The van der Waals surface area contributed by atoms with Crippen molar-refractivity contribution in [1.29, 1.82) is 0 Å². The fraction of sp³-hybridized carbons (Fsp3) is 0.600. The molecular weight excluding hydrogens is 352 g/mol. The molecule has 2 unspecified atom stereocenters. The molecule has 3 rings (SSSR count). The van der Waals surface area contributed by atoms with E-state index in [9.17, 15) is 8.42 Å². The Morgan fingerprint density at radius 2 is 1.86 bits per heavy atom. The number of nitrogens with zero attached hydrogens (tertiary/aromatic N) is 1. The second-order valence-electron chi connectivity index (χ2n) is 6.14. The number of rotatable bonds is 2. The monoisotopic (exact) mass is 372 g/mol. The van der Waals surface area contributed by atoms with Gasteiger partial charge in [-0.05, 0) is 42.9 Å². The number of benzene rings is 1. The summed E-state index contributed by atoms with van der Waals surface area (Å²) in [5.74, 6) is 1.24. The molecule has 1 aliphatic heterocycles. The van der Waals surface area contributed by atoms with E-state index in [4.69, 9.17) is 5.73 Å². The lowest BCUT2D eigenvalue weighted by Gasteiger charge is -2.40. The van der Waals surface area contributed by atoms with Gasteiger partial charge in [-0.3, -0.25) is 0 Å². The van der Waals surface area contributed by atoms with E-state index in [1.54, 1.807) is 22.5 Å². The van der Waals surface area contributed by atoms with E-state index in [1.807, 2.05) is 0 Å². The molecule has 2 atom stereocenters. The highest BCUT2D eigenvalue weighted by Gasteiger charge is 2.37. The van der Waals surface area contributed by atoms with Crippen molar-refractivity contribution < 1.29 is 8.42 Å². The third-order valence-electron chi connectivity index (χ3n) is 4.84. The molecule has 0 amide bonds. The molecule has 116 valence electrons. The van der Waals surface area contributed by atoms with Gasteiger partial charge in [0, 0.05) is 17.6 Å². The van der Waals surface area contributed by atoms with E-state index in [-0.39, 0.29) is 4.90 Å². The molecule has 1 saturated heterocycles. The summed E-state index contributed by atoms with van der Waals surface area (Å²) in [6.45, 7) is 1.28. The van der Waals surface area contributed by atoms with Gasteiger partial charge in [0.25, 0.3) is 0 Å². The molecule has 0 radical (unpaired) electrons. The number of nitrogens with two attached hydrogens (primary N) is 1. The van der Waals surface area contributed by atoms with Crippen molar-refractivity contribution in [2.45, 2.75) is 37.0 Å². The SMILES string of the molecule is Nc1cc(Br)ccc1S(=O)(=O)N1CCC2CCCCC2C1. The van der Waals surface area contributed by atoms with Gasteiger partial charge < -0.3 is 5.73 Å². The molecule has 2 N–H and O–H groups in total. The summed E-state index contributed by atoms with van der Waals surface area (Å²) in [7, 11) is -3.47. The second-order valence-corrected chi connectivity index (χ2v) is 8.96. The van der Waals surface area contributed by atoms with Gasteiger partial charge in [-0.25, -0.2) is 8.42 Å². The summed E-state index contributed by atoms with van der Waals surface area (Å²) in [5, 5.41) is 0. The van der Waals surface area contributed by atoms with Gasteiger partial charge >= 0.3 is 0 Å². The first-order chi connectivity index (χ1) is 9.98. The van der Waals surface area contributed by atoms with Gasteiger partial charge in [-0.2, -0.15) is 4.31 Å². The van der Waals surface area contributed by atoms with E-state index in [2.05, 4.69) is 15.9 Å². The number of nitrogen functional groups attached to an aromatic ring is 1. The van der Waals surface area contributed by atoms with Gasteiger partial charge in [0.1, 0.15) is 4.90 Å². The van der Waals surface area contributed by atoms with Crippen molar-refractivity contribution in [2.24, 2.45) is 11.8 Å². The third-order valence-corrected chi connectivity index (χ3v) is 7.28. The standard InChI is InChI=1S/C15H21BrN2O2S/c16-13-5-6-15(14(17)9-13)21(19,20)18-8-7-11-3-1-2-4-12(11)10-18/h5-6,9,11-12H,1-4,7-8,10,17H2. The average Bonchev–Trinajstić information content (AvgIpc) is 2.46. The Bertz CT molecular complexity index is 633. The van der Waals surface area contributed by atoms with Crippen LogP contribution in [0.3, 0.4) is 0 Å². The molecule has 1 aromatic carbocycles. The molecule has 1 aromatic rings. The number of sulfonamides is 1. The summed E-state index contributed by atoms with van der Waals surface area (Å²) < 4.78 is 28.1. The van der Waals surface area contributed by atoms with Crippen LogP contribution in [0.25, 0.3) is 0 Å². The van der Waals surface area contributed by atoms with Crippen LogP contribution in [0.5, 0.6) is 0 Å². The van der Waals surface area contributed by atoms with Crippen LogP contribution in [0.2, 0.25) is 0 Å². The van der Waals surface area contributed by atoms with E-state index >= 15 is 0 Å². The van der Waals surface area contributed by atoms with Gasteiger partial charge in [-0.15, -0.1) is 0 Å². The zero-order valence-electron chi connectivity index (χ0n) is 12.0. The number of fused-ring (bicyclic) bond motifs is 1. The first-order valence-corrected chi connectivity index (χ1v) is 9.77. The van der Waals surface area contributed by atoms with Gasteiger partial charge in [0.15, 0.2) is 0 Å². The van der Waals surface area contributed by atoms with E-state index in [0.717, 1.165) is 17.3 Å². The highest BCUT2D eigenvalue weighted by atomic mass is 79.9. The molecule has 0 bridgehead atoms. The maximum atomic E-state index is 12.8. The summed E-state index contributed by atoms with van der Waals surface area (Å²) in [6, 6.07) is 4.98. The molecule has 1 saturated carbocycles. The first kappa shape index (κ1) is 15.3. The summed E-state index contributed by atoms with van der Waals surface area (Å²) >= 11 is 3.32. The maximum absolute atomic E-state index is 12.8. The second kappa shape index (κ2) is 5.89. The number of piperidine rings is 1. The number of hydrogen-bond acceptors (Lipinski definition) is 3. The summed E-state index contributed by atoms with van der Waals surface area (Å²) in [5.41, 5.74) is 6.23. The van der Waals surface area contributed by atoms with Crippen LogP contribution in [0, 0.1) is 11.8 Å². The minimum Gasteiger partial charge on any atom is -0.398 e. The molecule has 4 nitrogen and oxygen atoms in total. The topological polar surface area (TPSA) is 63.4 Å². The normalized spacial score (nSPS) is 27.3. The molecule has 2 fully saturated rings. The number of halogens is 1. The highest BCUT2D eigenvalue weighted by molar-refractivity contribution is 9.10. The van der Waals surface area contributed by atoms with Crippen LogP contribution in [0.4, 0.5) is 5.69 Å². The Hall–Kier alpha value is -0.590. The highest BCUT2D eigenvalue weighted by Crippen LogP contribution is 2.38. The van der Waals surface area contributed by atoms with E-state index < -0.39 is 10.0 Å². The van der Waals surface area contributed by atoms with Gasteiger partial charge in [-0.1, -0.05) is 35.2 Å². The van der Waals surface area contributed by atoms with Crippen LogP contribution in [0.1, 0.15) is 32.1 Å². The summed E-state index contributed by atoms with van der Waals surface area (Å²) in [4.78, 5) is 0.236. The van der Waals surface area contributed by atoms with Crippen molar-refractivity contribution in [1.82, 2.24) is 4.31 Å². The smallest absolute Gasteiger partial charge is 0.245 e. The molecule has 0 spiro atoms. The Balaban J connectivity index is 1.85. The Kier molecular flexibility index (Phi) is 4.30. The van der Waals surface area contributed by atoms with E-state index in [1.165, 1.54) is 19.3 Å². The third kappa shape index (κ3) is 2.98. The van der Waals surface area contributed by atoms with Crippen LogP contribution in [-0.2, 0) is 10.0 Å². The van der Waals surface area contributed by atoms with Gasteiger partial charge in [0.2, 0.25) is 10.0 Å². The predicted molar refractivity (Wildman–Crippen MR) is 87.4 cm³/mol. The van der Waals surface area contributed by atoms with Crippen LogP contribution in [0.15, 0.2) is 27.6 Å². The molecule has 1 heterocycles. The minimum atomic E-state index is -3.47. The largest absolute Gasteiger partial charge is 0.398 e. The Morgan fingerprint density at radius 1 is 1.14 bits per heavy atom. The maximum Gasteiger partial charge on any atom is 0.245 e.